The van der Waals surface area contributed by atoms with Gasteiger partial charge >= 0.3 is 5.97 Å². The van der Waals surface area contributed by atoms with Gasteiger partial charge in [-0.25, -0.2) is 4.79 Å². The lowest BCUT2D eigenvalue weighted by atomic mass is 9.95. The largest absolute Gasteiger partial charge is 0.497 e. The molecule has 1 unspecified atom stereocenters. The molecule has 34 heavy (non-hydrogen) atoms. The van der Waals surface area contributed by atoms with Gasteiger partial charge in [-0.1, -0.05) is 30.3 Å². The maximum absolute atomic E-state index is 14.2. The number of benzene rings is 2. The van der Waals surface area contributed by atoms with Crippen LogP contribution < -0.4 is 9.64 Å². The summed E-state index contributed by atoms with van der Waals surface area (Å²) in [5, 5.41) is 0. The first-order valence-corrected chi connectivity index (χ1v) is 12.8. The molecule has 1 saturated heterocycles. The number of hydrogen-bond acceptors (Lipinski definition) is 6. The van der Waals surface area contributed by atoms with Crippen LogP contribution in [0.25, 0.3) is 0 Å². The number of carbonyl (C=O) groups is 2. The molecule has 1 fully saturated rings. The van der Waals surface area contributed by atoms with Gasteiger partial charge < -0.3 is 19.3 Å². The number of ether oxygens (including phenoxy) is 2. The van der Waals surface area contributed by atoms with Crippen molar-refractivity contribution < 1.29 is 19.1 Å². The molecule has 2 heterocycles. The van der Waals surface area contributed by atoms with Gasteiger partial charge in [-0.15, -0.1) is 0 Å². The van der Waals surface area contributed by atoms with E-state index in [2.05, 4.69) is 30.9 Å². The highest BCUT2D eigenvalue weighted by Crippen LogP contribution is 2.48. The van der Waals surface area contributed by atoms with Crippen LogP contribution in [0.3, 0.4) is 0 Å². The van der Waals surface area contributed by atoms with Gasteiger partial charge in [0.2, 0.25) is 4.75 Å². The fourth-order valence-corrected chi connectivity index (χ4v) is 6.31. The maximum atomic E-state index is 14.2. The number of carbonyl (C=O) groups excluding carboxylic acids is 2. The highest BCUT2D eigenvalue weighted by molar-refractivity contribution is 8.02. The van der Waals surface area contributed by atoms with E-state index in [1.165, 1.54) is 38.1 Å². The van der Waals surface area contributed by atoms with Crippen molar-refractivity contribution >= 4 is 29.3 Å². The summed E-state index contributed by atoms with van der Waals surface area (Å²) >= 11 is 1.32. The van der Waals surface area contributed by atoms with E-state index in [0.29, 0.717) is 12.3 Å². The topological polar surface area (TPSA) is 59.1 Å². The highest BCUT2D eigenvalue weighted by Gasteiger charge is 2.54. The van der Waals surface area contributed by atoms with E-state index in [4.69, 9.17) is 9.47 Å². The molecule has 7 heteroatoms. The molecular weight excluding hydrogens is 448 g/mol. The molecule has 0 aliphatic carbocycles. The molecule has 0 spiro atoms. The number of methoxy groups -OCH3 is 2. The first-order chi connectivity index (χ1) is 16.4. The molecule has 2 aromatic rings. The predicted molar refractivity (Wildman–Crippen MR) is 136 cm³/mol. The smallest absolute Gasteiger partial charge is 0.332 e. The van der Waals surface area contributed by atoms with Gasteiger partial charge in [0.1, 0.15) is 5.75 Å². The zero-order chi connectivity index (χ0) is 24.3. The predicted octanol–water partition coefficient (Wildman–Crippen LogP) is 4.39. The van der Waals surface area contributed by atoms with Crippen LogP contribution >= 0.6 is 11.8 Å². The number of amides is 1. The second-order valence-electron chi connectivity index (χ2n) is 9.21. The van der Waals surface area contributed by atoms with Crippen molar-refractivity contribution in [2.45, 2.75) is 49.2 Å². The second kappa shape index (κ2) is 10.4. The van der Waals surface area contributed by atoms with Gasteiger partial charge in [0, 0.05) is 24.4 Å². The third-order valence-corrected chi connectivity index (χ3v) is 8.31. The number of hydrogen-bond donors (Lipinski definition) is 0. The van der Waals surface area contributed by atoms with Crippen LogP contribution in [0, 0.1) is 13.8 Å². The molecule has 4 rings (SSSR count). The Hall–Kier alpha value is -2.51. The number of piperidine rings is 1. The highest BCUT2D eigenvalue weighted by atomic mass is 32.2. The average molecular weight is 483 g/mol. The minimum absolute atomic E-state index is 0.208. The lowest BCUT2D eigenvalue weighted by molar-refractivity contribution is -0.147. The maximum Gasteiger partial charge on any atom is 0.332 e. The summed E-state index contributed by atoms with van der Waals surface area (Å²) < 4.78 is 9.24. The van der Waals surface area contributed by atoms with Gasteiger partial charge in [0.15, 0.2) is 0 Å². The minimum Gasteiger partial charge on any atom is -0.497 e. The molecular formula is C27H34N2O4S. The van der Waals surface area contributed by atoms with Crippen molar-refractivity contribution in [3.63, 3.8) is 0 Å². The fourth-order valence-electron chi connectivity index (χ4n) is 4.82. The van der Waals surface area contributed by atoms with Gasteiger partial charge in [-0.2, -0.15) is 0 Å². The van der Waals surface area contributed by atoms with Crippen molar-refractivity contribution in [1.82, 2.24) is 4.90 Å². The number of rotatable bonds is 7. The van der Waals surface area contributed by atoms with Crippen molar-refractivity contribution in [3.05, 3.63) is 53.1 Å². The quantitative estimate of drug-likeness (QED) is 0.431. The van der Waals surface area contributed by atoms with Crippen LogP contribution in [-0.2, 0) is 20.7 Å². The summed E-state index contributed by atoms with van der Waals surface area (Å²) in [6.45, 7) is 7.58. The molecule has 2 aromatic carbocycles. The van der Waals surface area contributed by atoms with Gasteiger partial charge in [-0.05, 0) is 80.7 Å². The van der Waals surface area contributed by atoms with Crippen LogP contribution in [-0.4, -0.2) is 61.9 Å². The van der Waals surface area contributed by atoms with E-state index < -0.39 is 10.7 Å². The number of nitrogens with zero attached hydrogens (tertiary/aromatic N) is 2. The van der Waals surface area contributed by atoms with Crippen molar-refractivity contribution in [2.75, 3.05) is 45.3 Å². The number of anilines is 1. The van der Waals surface area contributed by atoms with Crippen LogP contribution in [0.5, 0.6) is 5.75 Å². The fraction of sp³-hybridized carbons (Fsp3) is 0.481. The van der Waals surface area contributed by atoms with E-state index in [-0.39, 0.29) is 12.3 Å². The van der Waals surface area contributed by atoms with Gasteiger partial charge in [-0.3, -0.25) is 4.79 Å². The van der Waals surface area contributed by atoms with Crippen molar-refractivity contribution in [1.29, 1.82) is 0 Å². The summed E-state index contributed by atoms with van der Waals surface area (Å²) in [7, 11) is 2.97. The Morgan fingerprint density at radius 3 is 2.47 bits per heavy atom. The molecule has 182 valence electrons. The van der Waals surface area contributed by atoms with Crippen LogP contribution in [0.15, 0.2) is 41.3 Å². The summed E-state index contributed by atoms with van der Waals surface area (Å²) in [5.41, 5.74) is 4.01. The van der Waals surface area contributed by atoms with E-state index in [9.17, 15) is 9.59 Å². The normalized spacial score (nSPS) is 20.7. The Morgan fingerprint density at radius 2 is 1.76 bits per heavy atom. The molecule has 1 amide bonds. The SMILES string of the molecule is COC(=O)C1(Cc2cccc(OC)c2)Sc2cc(C)c(C)cc2N(CCN2CCCCC2)C1=O. The average Bonchev–Trinajstić information content (AvgIpc) is 2.85. The molecule has 0 aromatic heterocycles. The zero-order valence-electron chi connectivity index (χ0n) is 20.6. The number of aryl methyl sites for hydroxylation is 2. The van der Waals surface area contributed by atoms with E-state index in [0.717, 1.165) is 46.9 Å². The number of esters is 1. The first-order valence-electron chi connectivity index (χ1n) is 11.9. The van der Waals surface area contributed by atoms with E-state index in [1.54, 1.807) is 7.11 Å². The molecule has 0 saturated carbocycles. The monoisotopic (exact) mass is 482 g/mol. The lowest BCUT2D eigenvalue weighted by Gasteiger charge is -2.41. The minimum atomic E-state index is -1.39. The van der Waals surface area contributed by atoms with Crippen molar-refractivity contribution in [2.24, 2.45) is 0 Å². The Labute approximate surface area is 206 Å². The van der Waals surface area contributed by atoms with Crippen LogP contribution in [0.1, 0.15) is 36.0 Å². The molecule has 0 N–H and O–H groups in total. The molecule has 0 bridgehead atoms. The summed E-state index contributed by atoms with van der Waals surface area (Å²) in [6.07, 6.45) is 3.89. The molecule has 2 aliphatic rings. The molecule has 0 radical (unpaired) electrons. The third-order valence-electron chi connectivity index (χ3n) is 6.93. The van der Waals surface area contributed by atoms with Gasteiger partial charge in [0.25, 0.3) is 5.91 Å². The van der Waals surface area contributed by atoms with E-state index >= 15 is 0 Å². The Kier molecular flexibility index (Phi) is 7.53. The van der Waals surface area contributed by atoms with Gasteiger partial charge in [0.05, 0.1) is 19.9 Å². The number of fused-ring (bicyclic) bond motifs is 1. The molecule has 6 nitrogen and oxygen atoms in total. The van der Waals surface area contributed by atoms with Crippen LogP contribution in [0.2, 0.25) is 0 Å². The number of thioether (sulfide) groups is 1. The standard InChI is InChI=1S/C27H34N2O4S/c1-19-15-23-24(16-20(19)2)34-27(26(31)33-4,18-21-9-8-10-22(17-21)32-3)25(30)29(23)14-13-28-11-6-5-7-12-28/h8-10,15-17H,5-7,11-14,18H2,1-4H3. The third kappa shape index (κ3) is 4.82. The van der Waals surface area contributed by atoms with E-state index in [1.807, 2.05) is 29.2 Å². The Morgan fingerprint density at radius 1 is 1.03 bits per heavy atom. The molecule has 1 atom stereocenters. The van der Waals surface area contributed by atoms with Crippen LogP contribution in [0.4, 0.5) is 5.69 Å². The Balaban J connectivity index is 1.75. The summed E-state index contributed by atoms with van der Waals surface area (Å²) in [5.74, 6) is -0.0308. The number of likely N-dealkylation sites (tertiary alicyclic amines) is 1. The first kappa shape index (κ1) is 24.6. The van der Waals surface area contributed by atoms with Crippen molar-refractivity contribution in [3.8, 4) is 5.75 Å². The second-order valence-corrected chi connectivity index (χ2v) is 10.6. The zero-order valence-corrected chi connectivity index (χ0v) is 21.4. The Bertz CT molecular complexity index is 1070. The molecule has 2 aliphatic heterocycles. The summed E-state index contributed by atoms with van der Waals surface area (Å²) in [6, 6.07) is 11.7. The summed E-state index contributed by atoms with van der Waals surface area (Å²) in [4.78, 5) is 32.7. The lowest BCUT2D eigenvalue weighted by Crippen LogP contribution is -2.57.